The number of carbonyl (C=O) groups excluding carboxylic acids is 2. The molecule has 0 radical (unpaired) electrons. The van der Waals surface area contributed by atoms with E-state index in [1.165, 1.54) is 6.42 Å². The SMILES string of the molecule is CC/C=C\C/C=C\C/C=C\C/C=C\C/C=C\C/C=C\C/C=C\C/C=C\C/C=C\C/C=C\C/C=C\CCCCCCCCCC(=O)OC(COC(=O)CC/C=C\C/C=C\C/C=C\C/C=C\C/C=C\C/C=C\CC)COP(=O)(O)OCCN. The van der Waals surface area contributed by atoms with Crippen molar-refractivity contribution in [2.45, 2.75) is 200 Å². The molecular formula is C71H108NO8P. The Hall–Kier alpha value is -5.41. The molecule has 0 aromatic rings. The van der Waals surface area contributed by atoms with Crippen LogP contribution < -0.4 is 5.73 Å². The molecule has 0 aliphatic heterocycles. The summed E-state index contributed by atoms with van der Waals surface area (Å²) in [5.41, 5.74) is 5.37. The van der Waals surface area contributed by atoms with Crippen LogP contribution in [0.2, 0.25) is 0 Å². The van der Waals surface area contributed by atoms with Gasteiger partial charge < -0.3 is 20.1 Å². The van der Waals surface area contributed by atoms with Crippen molar-refractivity contribution < 1.29 is 37.6 Å². The van der Waals surface area contributed by atoms with E-state index < -0.39 is 32.5 Å². The van der Waals surface area contributed by atoms with Crippen molar-refractivity contribution in [3.63, 3.8) is 0 Å². The number of allylic oxidation sites excluding steroid dienone is 34. The van der Waals surface area contributed by atoms with Crippen LogP contribution in [0.25, 0.3) is 0 Å². The van der Waals surface area contributed by atoms with E-state index in [-0.39, 0.29) is 32.6 Å². The summed E-state index contributed by atoms with van der Waals surface area (Å²) in [5.74, 6) is -0.958. The number of carbonyl (C=O) groups is 2. The van der Waals surface area contributed by atoms with E-state index in [1.54, 1.807) is 0 Å². The third-order valence-corrected chi connectivity index (χ3v) is 12.7. The monoisotopic (exact) mass is 1130 g/mol. The van der Waals surface area contributed by atoms with E-state index >= 15 is 0 Å². The average Bonchev–Trinajstić information content (AvgIpc) is 3.46. The molecule has 0 spiro atoms. The van der Waals surface area contributed by atoms with Gasteiger partial charge in [0.1, 0.15) is 6.61 Å². The average molecular weight is 1130 g/mol. The van der Waals surface area contributed by atoms with Gasteiger partial charge in [0.25, 0.3) is 0 Å². The Balaban J connectivity index is 4.10. The first-order valence-corrected chi connectivity index (χ1v) is 32.1. The number of hydrogen-bond acceptors (Lipinski definition) is 8. The van der Waals surface area contributed by atoms with Gasteiger partial charge in [-0.25, -0.2) is 4.57 Å². The van der Waals surface area contributed by atoms with E-state index in [0.717, 1.165) is 148 Å². The van der Waals surface area contributed by atoms with Crippen molar-refractivity contribution in [2.75, 3.05) is 26.4 Å². The van der Waals surface area contributed by atoms with Crippen molar-refractivity contribution >= 4 is 19.8 Å². The van der Waals surface area contributed by atoms with E-state index in [0.29, 0.717) is 12.8 Å². The second-order valence-corrected chi connectivity index (χ2v) is 20.6. The summed E-state index contributed by atoms with van der Waals surface area (Å²) < 4.78 is 32.9. The molecule has 10 heteroatoms. The van der Waals surface area contributed by atoms with Gasteiger partial charge in [0, 0.05) is 19.4 Å². The third-order valence-electron chi connectivity index (χ3n) is 11.7. The van der Waals surface area contributed by atoms with Crippen molar-refractivity contribution in [2.24, 2.45) is 5.73 Å². The van der Waals surface area contributed by atoms with Crippen LogP contribution in [0.5, 0.6) is 0 Å². The first-order valence-electron chi connectivity index (χ1n) is 30.6. The number of hydrogen-bond donors (Lipinski definition) is 2. The molecule has 9 nitrogen and oxygen atoms in total. The van der Waals surface area contributed by atoms with Crippen molar-refractivity contribution in [3.8, 4) is 0 Å². The molecule has 2 atom stereocenters. The van der Waals surface area contributed by atoms with Gasteiger partial charge in [-0.3, -0.25) is 18.6 Å². The molecule has 0 aliphatic carbocycles. The standard InChI is InChI=1S/C71H108NO8P/c1-3-5-7-9-11-13-15-17-19-21-23-24-25-26-27-28-29-30-31-32-33-34-35-36-37-38-39-40-41-42-43-44-46-48-50-52-54-56-58-60-62-64-71(74)80-69(68-79-81(75,76)78-66-65-72)67-77-70(73)63-61-59-57-55-53-51-49-47-45-22-20-18-16-14-12-10-8-6-4-2/h5-8,11-14,17-20,23-24,26-27,29-30,32-33,35-36,38-39,41-42,44-47,51,53,57,59,69H,3-4,9-10,15-16,21-22,25,28,31,34,37,40,43,48-50,52,54-56,58,60-68,72H2,1-2H3,(H,75,76)/b7-5-,8-6-,13-11-,14-12-,19-17-,20-18-,24-23-,27-26-,30-29-,33-32-,36-35-,39-38-,42-41-,46-44-,47-45-,53-51-,59-57-. The van der Waals surface area contributed by atoms with Gasteiger partial charge in [-0.1, -0.05) is 253 Å². The van der Waals surface area contributed by atoms with Gasteiger partial charge in [0.05, 0.1) is 13.2 Å². The molecule has 0 aromatic carbocycles. The number of esters is 2. The summed E-state index contributed by atoms with van der Waals surface area (Å²) in [5, 5.41) is 0. The molecule has 450 valence electrons. The maximum atomic E-state index is 12.7. The summed E-state index contributed by atoms with van der Waals surface area (Å²) in [6.45, 7) is 3.37. The van der Waals surface area contributed by atoms with Crippen LogP contribution in [0.4, 0.5) is 0 Å². The highest BCUT2D eigenvalue weighted by molar-refractivity contribution is 7.47. The minimum Gasteiger partial charge on any atom is -0.462 e. The smallest absolute Gasteiger partial charge is 0.462 e. The maximum Gasteiger partial charge on any atom is 0.472 e. The van der Waals surface area contributed by atoms with E-state index in [4.69, 9.17) is 24.3 Å². The lowest BCUT2D eigenvalue weighted by Gasteiger charge is -2.19. The Morgan fingerprint density at radius 1 is 0.370 bits per heavy atom. The predicted octanol–water partition coefficient (Wildman–Crippen LogP) is 20.0. The van der Waals surface area contributed by atoms with Gasteiger partial charge in [-0.2, -0.15) is 0 Å². The Morgan fingerprint density at radius 3 is 1.00 bits per heavy atom. The molecule has 0 aliphatic rings. The van der Waals surface area contributed by atoms with E-state index in [2.05, 4.69) is 208 Å². The van der Waals surface area contributed by atoms with Gasteiger partial charge >= 0.3 is 19.8 Å². The van der Waals surface area contributed by atoms with Crippen LogP contribution in [0.15, 0.2) is 207 Å². The second-order valence-electron chi connectivity index (χ2n) is 19.1. The van der Waals surface area contributed by atoms with Gasteiger partial charge in [-0.15, -0.1) is 0 Å². The zero-order valence-electron chi connectivity index (χ0n) is 50.2. The van der Waals surface area contributed by atoms with Crippen LogP contribution in [0.1, 0.15) is 194 Å². The second kappa shape index (κ2) is 63.8. The Labute approximate surface area is 493 Å². The van der Waals surface area contributed by atoms with E-state index in [9.17, 15) is 19.0 Å². The Bertz CT molecular complexity index is 2070. The molecule has 3 N–H and O–H groups in total. The van der Waals surface area contributed by atoms with Crippen molar-refractivity contribution in [3.05, 3.63) is 207 Å². The van der Waals surface area contributed by atoms with Crippen molar-refractivity contribution in [1.29, 1.82) is 0 Å². The predicted molar refractivity (Wildman–Crippen MR) is 348 cm³/mol. The first-order chi connectivity index (χ1) is 39.8. The topological polar surface area (TPSA) is 134 Å². The molecule has 81 heavy (non-hydrogen) atoms. The highest BCUT2D eigenvalue weighted by Gasteiger charge is 2.26. The van der Waals surface area contributed by atoms with Crippen LogP contribution in [-0.2, 0) is 32.7 Å². The summed E-state index contributed by atoms with van der Waals surface area (Å²) in [4.78, 5) is 35.1. The number of phosphoric ester groups is 1. The molecule has 0 heterocycles. The minimum absolute atomic E-state index is 0.0302. The number of unbranched alkanes of at least 4 members (excludes halogenated alkanes) is 7. The maximum absolute atomic E-state index is 12.7. The number of nitrogens with two attached hydrogens (primary N) is 1. The normalized spacial score (nSPS) is 14.5. The largest absolute Gasteiger partial charge is 0.472 e. The number of ether oxygens (including phenoxy) is 2. The molecule has 0 saturated heterocycles. The van der Waals surface area contributed by atoms with Crippen molar-refractivity contribution in [1.82, 2.24) is 0 Å². The van der Waals surface area contributed by atoms with Gasteiger partial charge in [0.2, 0.25) is 0 Å². The van der Waals surface area contributed by atoms with Gasteiger partial charge in [0.15, 0.2) is 6.10 Å². The molecule has 0 aromatic heterocycles. The fourth-order valence-electron chi connectivity index (χ4n) is 7.25. The molecule has 0 fully saturated rings. The van der Waals surface area contributed by atoms with E-state index in [1.807, 2.05) is 12.2 Å². The van der Waals surface area contributed by atoms with Gasteiger partial charge in [-0.05, 0) is 135 Å². The fraction of sp³-hybridized carbons (Fsp3) is 0.493. The molecule has 0 amide bonds. The van der Waals surface area contributed by atoms with Crippen LogP contribution in [0.3, 0.4) is 0 Å². The first kappa shape index (κ1) is 75.6. The fourth-order valence-corrected chi connectivity index (χ4v) is 8.02. The Morgan fingerprint density at radius 2 is 0.667 bits per heavy atom. The summed E-state index contributed by atoms with van der Waals surface area (Å²) in [7, 11) is -4.42. The number of phosphoric acid groups is 1. The van der Waals surface area contributed by atoms with Crippen LogP contribution in [0, 0.1) is 0 Å². The molecule has 0 saturated carbocycles. The zero-order valence-corrected chi connectivity index (χ0v) is 51.1. The van der Waals surface area contributed by atoms with Crippen LogP contribution in [-0.4, -0.2) is 49.3 Å². The third kappa shape index (κ3) is 63.6. The molecular weight excluding hydrogens is 1030 g/mol. The molecule has 0 rings (SSSR count). The minimum atomic E-state index is -4.42. The zero-order chi connectivity index (χ0) is 58.7. The van der Waals surface area contributed by atoms with Crippen LogP contribution >= 0.6 is 7.82 Å². The lowest BCUT2D eigenvalue weighted by molar-refractivity contribution is -0.161. The number of rotatable bonds is 54. The highest BCUT2D eigenvalue weighted by Crippen LogP contribution is 2.43. The Kier molecular flexibility index (Phi) is 59.5. The summed E-state index contributed by atoms with van der Waals surface area (Å²) >= 11 is 0. The summed E-state index contributed by atoms with van der Waals surface area (Å²) in [6, 6.07) is 0. The quantitative estimate of drug-likeness (QED) is 0.0264. The summed E-state index contributed by atoms with van der Waals surface area (Å²) in [6.07, 6.45) is 99.1. The lowest BCUT2D eigenvalue weighted by Crippen LogP contribution is -2.29. The molecule has 0 bridgehead atoms. The molecule has 2 unspecified atom stereocenters. The highest BCUT2D eigenvalue weighted by atomic mass is 31.2. The lowest BCUT2D eigenvalue weighted by atomic mass is 10.1.